The second kappa shape index (κ2) is 8.02. The molecule has 1 saturated carbocycles. The van der Waals surface area contributed by atoms with Gasteiger partial charge in [0, 0.05) is 33.3 Å². The maximum absolute atomic E-state index is 9.43. The van der Waals surface area contributed by atoms with Crippen molar-refractivity contribution < 1.29 is 4.74 Å². The van der Waals surface area contributed by atoms with Crippen LogP contribution in [-0.4, -0.2) is 33.4 Å². The summed E-state index contributed by atoms with van der Waals surface area (Å²) in [7, 11) is 3.81. The van der Waals surface area contributed by atoms with E-state index in [-0.39, 0.29) is 0 Å². The van der Waals surface area contributed by atoms with Gasteiger partial charge in [0.05, 0.1) is 17.9 Å². The molecule has 4 nitrogen and oxygen atoms in total. The molecule has 0 saturated heterocycles. The van der Waals surface area contributed by atoms with Crippen LogP contribution in [0.2, 0.25) is 0 Å². The van der Waals surface area contributed by atoms with Gasteiger partial charge >= 0.3 is 0 Å². The first-order valence-corrected chi connectivity index (χ1v) is 7.71. The largest absolute Gasteiger partial charge is 0.383 e. The first kappa shape index (κ1) is 15.8. The molecule has 1 aromatic carbocycles. The monoisotopic (exact) mass is 287 g/mol. The molecular formula is C17H25N3O. The average molecular weight is 287 g/mol. The molecule has 1 N–H and O–H groups in total. The van der Waals surface area contributed by atoms with Gasteiger partial charge in [-0.15, -0.1) is 0 Å². The molecule has 0 amide bonds. The first-order chi connectivity index (χ1) is 10.3. The lowest BCUT2D eigenvalue weighted by Gasteiger charge is -2.27. The molecule has 0 radical (unpaired) electrons. The Kier molecular flexibility index (Phi) is 6.04. The fourth-order valence-corrected chi connectivity index (χ4v) is 2.99. The van der Waals surface area contributed by atoms with E-state index in [0.29, 0.717) is 12.6 Å². The van der Waals surface area contributed by atoms with Crippen LogP contribution in [0.25, 0.3) is 0 Å². The van der Waals surface area contributed by atoms with Gasteiger partial charge < -0.3 is 15.0 Å². The van der Waals surface area contributed by atoms with Crippen molar-refractivity contribution >= 4 is 5.69 Å². The predicted molar refractivity (Wildman–Crippen MR) is 85.4 cm³/mol. The smallest absolute Gasteiger partial charge is 0.101 e. The van der Waals surface area contributed by atoms with Crippen LogP contribution in [0.3, 0.4) is 0 Å². The zero-order valence-corrected chi connectivity index (χ0v) is 13.1. The fourth-order valence-electron chi connectivity index (χ4n) is 2.99. The summed E-state index contributed by atoms with van der Waals surface area (Å²) in [5.41, 5.74) is 2.98. The Hall–Kier alpha value is -1.57. The van der Waals surface area contributed by atoms with Crippen LogP contribution >= 0.6 is 0 Å². The van der Waals surface area contributed by atoms with E-state index >= 15 is 0 Å². The van der Waals surface area contributed by atoms with Gasteiger partial charge in [-0.3, -0.25) is 0 Å². The van der Waals surface area contributed by atoms with E-state index in [1.165, 1.54) is 25.7 Å². The molecule has 4 heteroatoms. The lowest BCUT2D eigenvalue weighted by molar-refractivity contribution is 0.199. The summed E-state index contributed by atoms with van der Waals surface area (Å²) in [5, 5.41) is 12.7. The van der Waals surface area contributed by atoms with Gasteiger partial charge in [0.1, 0.15) is 6.07 Å². The third kappa shape index (κ3) is 4.20. The second-order valence-electron chi connectivity index (χ2n) is 5.68. The van der Waals surface area contributed by atoms with Crippen LogP contribution in [0.15, 0.2) is 18.2 Å². The molecule has 114 valence electrons. The van der Waals surface area contributed by atoms with E-state index in [9.17, 15) is 5.26 Å². The van der Waals surface area contributed by atoms with E-state index in [0.717, 1.165) is 29.9 Å². The molecule has 1 aromatic rings. The molecule has 2 rings (SSSR count). The molecule has 21 heavy (non-hydrogen) atoms. The number of nitriles is 1. The minimum atomic E-state index is 0.586. The van der Waals surface area contributed by atoms with E-state index in [4.69, 9.17) is 4.74 Å². The predicted octanol–water partition coefficient (Wildman–Crippen LogP) is 2.67. The topological polar surface area (TPSA) is 48.3 Å². The highest BCUT2D eigenvalue weighted by atomic mass is 16.5. The molecule has 0 bridgehead atoms. The maximum atomic E-state index is 9.43. The summed E-state index contributed by atoms with van der Waals surface area (Å²) in [4.78, 5) is 2.29. The third-order valence-corrected chi connectivity index (χ3v) is 4.25. The van der Waals surface area contributed by atoms with Gasteiger partial charge in [-0.05, 0) is 30.5 Å². The summed E-state index contributed by atoms with van der Waals surface area (Å²) in [6.07, 6.45) is 5.08. The first-order valence-electron chi connectivity index (χ1n) is 7.71. The number of nitrogens with one attached hydrogen (secondary N) is 1. The highest BCUT2D eigenvalue weighted by Crippen LogP contribution is 2.29. The molecule has 1 aliphatic rings. The molecule has 1 aliphatic carbocycles. The van der Waals surface area contributed by atoms with E-state index < -0.39 is 0 Å². The third-order valence-electron chi connectivity index (χ3n) is 4.25. The van der Waals surface area contributed by atoms with Crippen LogP contribution in [0, 0.1) is 11.3 Å². The number of hydrogen-bond donors (Lipinski definition) is 1. The Bertz CT molecular complexity index is 489. The molecule has 0 aliphatic heterocycles. The van der Waals surface area contributed by atoms with Crippen LogP contribution < -0.4 is 10.2 Å². The summed E-state index contributed by atoms with van der Waals surface area (Å²) >= 11 is 0. The number of ether oxygens (including phenoxy) is 1. The van der Waals surface area contributed by atoms with Gasteiger partial charge in [0.15, 0.2) is 0 Å². The normalized spacial score (nSPS) is 15.1. The standard InChI is InChI=1S/C17H25N3O/c1-20(16-5-3-4-6-16)17-8-7-14(11-15(17)12-18)13-19-9-10-21-2/h7-8,11,16,19H,3-6,9-10,13H2,1-2H3. The summed E-state index contributed by atoms with van der Waals surface area (Å²) in [5.74, 6) is 0. The van der Waals surface area contributed by atoms with Gasteiger partial charge in [0.2, 0.25) is 0 Å². The summed E-state index contributed by atoms with van der Waals surface area (Å²) in [6.45, 7) is 2.29. The SMILES string of the molecule is COCCNCc1ccc(N(C)C2CCCC2)c(C#N)c1. The summed E-state index contributed by atoms with van der Waals surface area (Å²) < 4.78 is 5.01. The van der Waals surface area contributed by atoms with Gasteiger partial charge in [-0.1, -0.05) is 18.9 Å². The number of hydrogen-bond acceptors (Lipinski definition) is 4. The average Bonchev–Trinajstić information content (AvgIpc) is 3.05. The van der Waals surface area contributed by atoms with Crippen molar-refractivity contribution in [2.24, 2.45) is 0 Å². The Morgan fingerprint density at radius 3 is 2.81 bits per heavy atom. The Morgan fingerprint density at radius 1 is 1.38 bits per heavy atom. The Balaban J connectivity index is 2.04. The molecule has 0 spiro atoms. The van der Waals surface area contributed by atoms with Crippen LogP contribution in [-0.2, 0) is 11.3 Å². The van der Waals surface area contributed by atoms with Crippen molar-refractivity contribution in [3.05, 3.63) is 29.3 Å². The zero-order valence-electron chi connectivity index (χ0n) is 13.1. The maximum Gasteiger partial charge on any atom is 0.101 e. The molecule has 1 fully saturated rings. The Morgan fingerprint density at radius 2 is 2.14 bits per heavy atom. The van der Waals surface area contributed by atoms with Crippen molar-refractivity contribution in [2.75, 3.05) is 32.2 Å². The number of methoxy groups -OCH3 is 1. The van der Waals surface area contributed by atoms with Crippen molar-refractivity contribution in [1.82, 2.24) is 5.32 Å². The van der Waals surface area contributed by atoms with Crippen LogP contribution in [0.1, 0.15) is 36.8 Å². The number of anilines is 1. The summed E-state index contributed by atoms with van der Waals surface area (Å²) in [6, 6.07) is 9.13. The van der Waals surface area contributed by atoms with Gasteiger partial charge in [0.25, 0.3) is 0 Å². The number of nitrogens with zero attached hydrogens (tertiary/aromatic N) is 2. The van der Waals surface area contributed by atoms with E-state index in [1.54, 1.807) is 7.11 Å². The quantitative estimate of drug-likeness (QED) is 0.783. The second-order valence-corrected chi connectivity index (χ2v) is 5.68. The number of benzene rings is 1. The zero-order chi connectivity index (χ0) is 15.1. The van der Waals surface area contributed by atoms with E-state index in [1.807, 2.05) is 6.07 Å². The highest BCUT2D eigenvalue weighted by molar-refractivity contribution is 5.60. The van der Waals surface area contributed by atoms with Crippen LogP contribution in [0.5, 0.6) is 0 Å². The van der Waals surface area contributed by atoms with Gasteiger partial charge in [-0.25, -0.2) is 0 Å². The molecule has 0 atom stereocenters. The minimum absolute atomic E-state index is 0.586. The fraction of sp³-hybridized carbons (Fsp3) is 0.588. The van der Waals surface area contributed by atoms with Crippen molar-refractivity contribution in [1.29, 1.82) is 5.26 Å². The lowest BCUT2D eigenvalue weighted by atomic mass is 10.1. The number of rotatable bonds is 7. The van der Waals surface area contributed by atoms with Crippen molar-refractivity contribution in [3.8, 4) is 6.07 Å². The molecular weight excluding hydrogens is 262 g/mol. The molecule has 0 aromatic heterocycles. The van der Waals surface area contributed by atoms with Crippen LogP contribution in [0.4, 0.5) is 5.69 Å². The Labute approximate surface area is 127 Å². The van der Waals surface area contributed by atoms with Crippen molar-refractivity contribution in [3.63, 3.8) is 0 Å². The minimum Gasteiger partial charge on any atom is -0.383 e. The van der Waals surface area contributed by atoms with Crippen molar-refractivity contribution in [2.45, 2.75) is 38.3 Å². The molecule has 0 heterocycles. The van der Waals surface area contributed by atoms with Gasteiger partial charge in [-0.2, -0.15) is 5.26 Å². The molecule has 0 unspecified atom stereocenters. The lowest BCUT2D eigenvalue weighted by Crippen LogP contribution is -2.29. The van der Waals surface area contributed by atoms with E-state index in [2.05, 4.69) is 35.5 Å². The highest BCUT2D eigenvalue weighted by Gasteiger charge is 2.21.